The van der Waals surface area contributed by atoms with Crippen LogP contribution in [-0.4, -0.2) is 9.78 Å². The van der Waals surface area contributed by atoms with E-state index in [9.17, 15) is 0 Å². The first-order valence-electron chi connectivity index (χ1n) is 6.71. The van der Waals surface area contributed by atoms with E-state index in [-0.39, 0.29) is 12.1 Å². The van der Waals surface area contributed by atoms with Crippen molar-refractivity contribution in [2.45, 2.75) is 46.7 Å². The van der Waals surface area contributed by atoms with Crippen LogP contribution in [0.4, 0.5) is 0 Å². The zero-order chi connectivity index (χ0) is 14.2. The molecule has 0 saturated heterocycles. The number of nitrogens with one attached hydrogen (secondary N) is 1. The van der Waals surface area contributed by atoms with Crippen molar-refractivity contribution >= 4 is 0 Å². The monoisotopic (exact) mass is 261 g/mol. The van der Waals surface area contributed by atoms with Gasteiger partial charge in [-0.3, -0.25) is 4.68 Å². The molecule has 19 heavy (non-hydrogen) atoms. The van der Waals surface area contributed by atoms with Gasteiger partial charge in [0.25, 0.3) is 0 Å². The molecule has 2 aromatic heterocycles. The van der Waals surface area contributed by atoms with E-state index >= 15 is 0 Å². The Bertz CT molecular complexity index is 562. The van der Waals surface area contributed by atoms with Gasteiger partial charge in [-0.1, -0.05) is 0 Å². The fourth-order valence-electron chi connectivity index (χ4n) is 2.58. The van der Waals surface area contributed by atoms with Crippen LogP contribution >= 0.6 is 0 Å². The summed E-state index contributed by atoms with van der Waals surface area (Å²) in [5, 5.41) is 7.90. The van der Waals surface area contributed by atoms with E-state index in [1.165, 1.54) is 16.8 Å². The fraction of sp³-hybridized carbons (Fsp3) is 0.533. The third kappa shape index (κ3) is 2.73. The van der Waals surface area contributed by atoms with Crippen molar-refractivity contribution in [3.05, 3.63) is 40.6 Å². The summed E-state index contributed by atoms with van der Waals surface area (Å²) in [7, 11) is 1.97. The summed E-state index contributed by atoms with van der Waals surface area (Å²) in [5.74, 6) is 1.96. The number of nitrogens with zero attached hydrogens (tertiary/aromatic N) is 2. The smallest absolute Gasteiger partial charge is 0.105 e. The maximum absolute atomic E-state index is 5.59. The molecule has 4 nitrogen and oxygen atoms in total. The molecular weight excluding hydrogens is 238 g/mol. The highest BCUT2D eigenvalue weighted by Gasteiger charge is 2.18. The van der Waals surface area contributed by atoms with Crippen LogP contribution in [-0.2, 0) is 7.05 Å². The van der Waals surface area contributed by atoms with Gasteiger partial charge >= 0.3 is 0 Å². The fourth-order valence-corrected chi connectivity index (χ4v) is 2.58. The van der Waals surface area contributed by atoms with Crippen LogP contribution in [0.15, 0.2) is 16.7 Å². The molecule has 0 aliphatic rings. The number of furan rings is 1. The SMILES string of the molecule is Cc1cc(C(C)NC(C)c2cnn(C)c2C)c(C)o1. The third-order valence-corrected chi connectivity index (χ3v) is 3.79. The van der Waals surface area contributed by atoms with Gasteiger partial charge in [0.15, 0.2) is 0 Å². The predicted molar refractivity (Wildman–Crippen MR) is 76.1 cm³/mol. The van der Waals surface area contributed by atoms with Gasteiger partial charge in [0.1, 0.15) is 11.5 Å². The highest BCUT2D eigenvalue weighted by Crippen LogP contribution is 2.25. The van der Waals surface area contributed by atoms with E-state index in [1.807, 2.05) is 31.8 Å². The lowest BCUT2D eigenvalue weighted by Crippen LogP contribution is -2.23. The molecule has 104 valence electrons. The summed E-state index contributed by atoms with van der Waals surface area (Å²) in [6, 6.07) is 2.63. The molecule has 0 aliphatic carbocycles. The van der Waals surface area contributed by atoms with Crippen LogP contribution < -0.4 is 5.32 Å². The van der Waals surface area contributed by atoms with Gasteiger partial charge in [0.05, 0.1) is 6.20 Å². The Morgan fingerprint density at radius 3 is 2.26 bits per heavy atom. The lowest BCUT2D eigenvalue weighted by molar-refractivity contribution is 0.468. The first kappa shape index (κ1) is 13.9. The van der Waals surface area contributed by atoms with E-state index in [4.69, 9.17) is 4.42 Å². The number of hydrogen-bond acceptors (Lipinski definition) is 3. The van der Waals surface area contributed by atoms with Crippen LogP contribution in [0, 0.1) is 20.8 Å². The van der Waals surface area contributed by atoms with Gasteiger partial charge in [-0.25, -0.2) is 0 Å². The summed E-state index contributed by atoms with van der Waals surface area (Å²) < 4.78 is 7.50. The minimum absolute atomic E-state index is 0.257. The molecule has 2 unspecified atom stereocenters. The molecule has 2 aromatic rings. The molecule has 0 bridgehead atoms. The molecule has 1 N–H and O–H groups in total. The zero-order valence-corrected chi connectivity index (χ0v) is 12.6. The Kier molecular flexibility index (Phi) is 3.80. The molecule has 0 saturated carbocycles. The second-order valence-electron chi connectivity index (χ2n) is 5.29. The molecule has 0 aromatic carbocycles. The lowest BCUT2D eigenvalue weighted by atomic mass is 10.1. The zero-order valence-electron chi connectivity index (χ0n) is 12.6. The van der Waals surface area contributed by atoms with E-state index in [0.29, 0.717) is 0 Å². The van der Waals surface area contributed by atoms with E-state index in [1.54, 1.807) is 0 Å². The second kappa shape index (κ2) is 5.21. The molecule has 0 radical (unpaired) electrons. The summed E-state index contributed by atoms with van der Waals surface area (Å²) in [6.07, 6.45) is 1.94. The quantitative estimate of drug-likeness (QED) is 0.917. The number of rotatable bonds is 4. The molecule has 0 amide bonds. The predicted octanol–water partition coefficient (Wildman–Crippen LogP) is 3.35. The van der Waals surface area contributed by atoms with Gasteiger partial charge in [-0.15, -0.1) is 0 Å². The first-order valence-corrected chi connectivity index (χ1v) is 6.71. The molecule has 4 heteroatoms. The molecule has 2 atom stereocenters. The van der Waals surface area contributed by atoms with Crippen molar-refractivity contribution in [3.8, 4) is 0 Å². The Labute approximate surface area is 114 Å². The average molecular weight is 261 g/mol. The molecule has 0 aliphatic heterocycles. The highest BCUT2D eigenvalue weighted by atomic mass is 16.3. The third-order valence-electron chi connectivity index (χ3n) is 3.79. The van der Waals surface area contributed by atoms with Crippen molar-refractivity contribution in [3.63, 3.8) is 0 Å². The average Bonchev–Trinajstić information content (AvgIpc) is 2.83. The van der Waals surface area contributed by atoms with Crippen LogP contribution in [0.3, 0.4) is 0 Å². The van der Waals surface area contributed by atoms with Gasteiger partial charge < -0.3 is 9.73 Å². The van der Waals surface area contributed by atoms with Gasteiger partial charge in [-0.2, -0.15) is 5.10 Å². The summed E-state index contributed by atoms with van der Waals surface area (Å²) in [6.45, 7) is 10.4. The summed E-state index contributed by atoms with van der Waals surface area (Å²) >= 11 is 0. The molecule has 0 spiro atoms. The van der Waals surface area contributed by atoms with E-state index in [0.717, 1.165) is 11.5 Å². The standard InChI is InChI=1S/C15H23N3O/c1-9-7-14(13(5)19-9)10(2)17-11(3)15-8-16-18(6)12(15)4/h7-8,10-11,17H,1-6H3. The molecule has 0 fully saturated rings. The highest BCUT2D eigenvalue weighted by molar-refractivity contribution is 5.25. The summed E-state index contributed by atoms with van der Waals surface area (Å²) in [4.78, 5) is 0. The maximum atomic E-state index is 5.59. The minimum Gasteiger partial charge on any atom is -0.466 e. The van der Waals surface area contributed by atoms with Crippen molar-refractivity contribution in [2.24, 2.45) is 7.05 Å². The van der Waals surface area contributed by atoms with E-state index in [2.05, 4.69) is 37.3 Å². The van der Waals surface area contributed by atoms with Crippen LogP contribution in [0.1, 0.15) is 54.3 Å². The number of hydrogen-bond donors (Lipinski definition) is 1. The van der Waals surface area contributed by atoms with Gasteiger partial charge in [0, 0.05) is 36.0 Å². The Hall–Kier alpha value is -1.55. The largest absolute Gasteiger partial charge is 0.466 e. The van der Waals surface area contributed by atoms with Crippen molar-refractivity contribution < 1.29 is 4.42 Å². The topological polar surface area (TPSA) is 43.0 Å². The van der Waals surface area contributed by atoms with E-state index < -0.39 is 0 Å². The minimum atomic E-state index is 0.257. The lowest BCUT2D eigenvalue weighted by Gasteiger charge is -2.19. The van der Waals surface area contributed by atoms with Crippen molar-refractivity contribution in [1.82, 2.24) is 15.1 Å². The van der Waals surface area contributed by atoms with Gasteiger partial charge in [0.2, 0.25) is 0 Å². The Morgan fingerprint density at radius 1 is 1.16 bits per heavy atom. The molecule has 2 heterocycles. The van der Waals surface area contributed by atoms with Crippen molar-refractivity contribution in [1.29, 1.82) is 0 Å². The Morgan fingerprint density at radius 2 is 1.79 bits per heavy atom. The van der Waals surface area contributed by atoms with Crippen molar-refractivity contribution in [2.75, 3.05) is 0 Å². The maximum Gasteiger partial charge on any atom is 0.105 e. The normalized spacial score (nSPS) is 14.6. The van der Waals surface area contributed by atoms with Gasteiger partial charge in [-0.05, 0) is 40.7 Å². The number of aromatic nitrogens is 2. The molecule has 2 rings (SSSR count). The summed E-state index contributed by atoms with van der Waals surface area (Å²) in [5.41, 5.74) is 3.67. The van der Waals surface area contributed by atoms with Crippen LogP contribution in [0.25, 0.3) is 0 Å². The Balaban J connectivity index is 2.13. The second-order valence-corrected chi connectivity index (χ2v) is 5.29. The van der Waals surface area contributed by atoms with Crippen LogP contribution in [0.5, 0.6) is 0 Å². The number of aryl methyl sites for hydroxylation is 3. The van der Waals surface area contributed by atoms with Crippen LogP contribution in [0.2, 0.25) is 0 Å². The first-order chi connectivity index (χ1) is 8.90. The molecular formula is C15H23N3O.